The van der Waals surface area contributed by atoms with Crippen LogP contribution in [0.3, 0.4) is 0 Å². The van der Waals surface area contributed by atoms with E-state index in [1.54, 1.807) is 23.5 Å². The zero-order valence-electron chi connectivity index (χ0n) is 36.6. The summed E-state index contributed by atoms with van der Waals surface area (Å²) in [5.41, 5.74) is 6.45. The number of thiophene rings is 1. The second-order valence-corrected chi connectivity index (χ2v) is 18.3. The summed E-state index contributed by atoms with van der Waals surface area (Å²) in [6.45, 7) is 19.5. The van der Waals surface area contributed by atoms with E-state index >= 15 is 0 Å². The smallest absolute Gasteiger partial charge is 0.394 e. The van der Waals surface area contributed by atoms with Gasteiger partial charge >= 0.3 is 6.18 Å². The molecule has 0 saturated carbocycles. The Morgan fingerprint density at radius 3 is 1.88 bits per heavy atom. The number of halogens is 3. The van der Waals surface area contributed by atoms with Gasteiger partial charge in [0, 0.05) is 59.5 Å². The van der Waals surface area contributed by atoms with Crippen LogP contribution in [0.15, 0.2) is 103 Å². The number of aromatic nitrogens is 1. The molecule has 0 amide bonds. The van der Waals surface area contributed by atoms with Gasteiger partial charge in [0.25, 0.3) is 0 Å². The number of hydrogen-bond donors (Lipinski definition) is 1. The van der Waals surface area contributed by atoms with Gasteiger partial charge in [0.15, 0.2) is 5.78 Å². The molecule has 1 radical (unpaired) electrons. The third-order valence-corrected chi connectivity index (χ3v) is 13.0. The maximum absolute atomic E-state index is 13.4. The summed E-state index contributed by atoms with van der Waals surface area (Å²) in [6, 6.07) is 32.3. The Morgan fingerprint density at radius 2 is 1.33 bits per heavy atom. The van der Waals surface area contributed by atoms with Crippen molar-refractivity contribution in [3.05, 3.63) is 126 Å². The number of carbonyl (C=O) groups is 1. The fourth-order valence-corrected chi connectivity index (χ4v) is 8.92. The Morgan fingerprint density at radius 1 is 0.783 bits per heavy atom. The molecule has 0 bridgehead atoms. The second kappa shape index (κ2) is 20.2. The number of rotatable bonds is 12. The molecule has 321 valence electrons. The predicted octanol–water partition coefficient (Wildman–Crippen LogP) is 15.9. The zero-order chi connectivity index (χ0) is 43.3. The van der Waals surface area contributed by atoms with E-state index in [2.05, 4.69) is 94.4 Å². The molecule has 3 nitrogen and oxygen atoms in total. The molecule has 4 aromatic carbocycles. The summed E-state index contributed by atoms with van der Waals surface area (Å²) >= 11 is 1.75. The van der Waals surface area contributed by atoms with E-state index in [4.69, 9.17) is 4.98 Å². The molecule has 60 heavy (non-hydrogen) atoms. The number of alkyl halides is 3. The van der Waals surface area contributed by atoms with Crippen molar-refractivity contribution in [3.63, 3.8) is 0 Å². The SMILES string of the molecule is CCC(CC)C(=O)/C=C(\O)C(CC)CC.Cc1c(-c2ccc(-c3ccc(CC(C)(C)C(F)(F)F)cc3)cc2)sc2c(-c3[c-]c4ccccc4c(C(C)(C)C)c3)nccc12.[Ir]. The fourth-order valence-electron chi connectivity index (χ4n) is 7.61. The van der Waals surface area contributed by atoms with Crippen molar-refractivity contribution in [1.29, 1.82) is 0 Å². The molecule has 0 fully saturated rings. The molecule has 1 N–H and O–H groups in total. The van der Waals surface area contributed by atoms with Crippen molar-refractivity contribution in [2.45, 2.75) is 113 Å². The summed E-state index contributed by atoms with van der Waals surface area (Å²) < 4.78 is 41.2. The van der Waals surface area contributed by atoms with Crippen molar-refractivity contribution < 1.29 is 43.2 Å². The first-order valence-electron chi connectivity index (χ1n) is 20.9. The van der Waals surface area contributed by atoms with E-state index in [-0.39, 0.29) is 55.3 Å². The van der Waals surface area contributed by atoms with Gasteiger partial charge in [0.05, 0.1) is 11.2 Å². The summed E-state index contributed by atoms with van der Waals surface area (Å²) in [4.78, 5) is 17.8. The Labute approximate surface area is 372 Å². The van der Waals surface area contributed by atoms with Gasteiger partial charge < -0.3 is 5.11 Å². The maximum Gasteiger partial charge on any atom is 0.394 e. The van der Waals surface area contributed by atoms with Crippen LogP contribution in [0.25, 0.3) is 53.7 Å². The predicted molar refractivity (Wildman–Crippen MR) is 243 cm³/mol. The van der Waals surface area contributed by atoms with Crippen LogP contribution in [0.1, 0.15) is 105 Å². The molecule has 0 unspecified atom stereocenters. The topological polar surface area (TPSA) is 50.2 Å². The van der Waals surface area contributed by atoms with E-state index < -0.39 is 11.6 Å². The molecule has 0 aliphatic heterocycles. The van der Waals surface area contributed by atoms with Gasteiger partial charge in [-0.15, -0.1) is 40.5 Å². The first kappa shape index (κ1) is 48.6. The van der Waals surface area contributed by atoms with Gasteiger partial charge in [-0.3, -0.25) is 9.78 Å². The molecular weight excluding hydrogens is 952 g/mol. The zero-order valence-corrected chi connectivity index (χ0v) is 39.8. The van der Waals surface area contributed by atoms with E-state index in [0.717, 1.165) is 63.7 Å². The number of carbonyl (C=O) groups excluding carboxylic acids is 1. The number of fused-ring (bicyclic) bond motifs is 2. The molecular formula is C52H59F3IrNO2S-. The number of benzene rings is 4. The number of ketones is 1. The minimum atomic E-state index is -4.24. The molecule has 2 aromatic heterocycles. The third-order valence-electron chi connectivity index (χ3n) is 11.6. The van der Waals surface area contributed by atoms with Crippen LogP contribution in [-0.2, 0) is 36.7 Å². The van der Waals surface area contributed by atoms with Crippen LogP contribution in [0, 0.1) is 30.2 Å². The number of allylic oxidation sites excluding steroid dienone is 2. The number of nitrogens with zero attached hydrogens (tertiary/aromatic N) is 1. The number of pyridine rings is 1. The molecule has 0 spiro atoms. The number of aliphatic hydroxyl groups is 1. The Balaban J connectivity index is 0.000000425. The van der Waals surface area contributed by atoms with Crippen LogP contribution in [0.4, 0.5) is 13.2 Å². The number of hydrogen-bond acceptors (Lipinski definition) is 4. The van der Waals surface area contributed by atoms with Gasteiger partial charge in [-0.05, 0) is 83.7 Å². The number of aliphatic hydroxyl groups excluding tert-OH is 1. The monoisotopic (exact) mass is 1010 g/mol. The normalized spacial score (nSPS) is 12.5. The number of aryl methyl sites for hydroxylation is 1. The largest absolute Gasteiger partial charge is 0.512 e. The molecule has 6 rings (SSSR count). The quantitative estimate of drug-likeness (QED) is 0.0755. The van der Waals surface area contributed by atoms with Crippen molar-refractivity contribution >= 4 is 38.0 Å². The average molecular weight is 1010 g/mol. The Kier molecular flexibility index (Phi) is 16.3. The minimum Gasteiger partial charge on any atom is -0.512 e. The summed E-state index contributed by atoms with van der Waals surface area (Å²) in [5.74, 6) is 0.547. The molecule has 0 atom stereocenters. The van der Waals surface area contributed by atoms with Gasteiger partial charge in [0.2, 0.25) is 0 Å². The molecule has 2 heterocycles. The van der Waals surface area contributed by atoms with E-state index in [1.165, 1.54) is 46.7 Å². The average Bonchev–Trinajstić information content (AvgIpc) is 3.54. The fraction of sp³-hybridized carbons (Fsp3) is 0.385. The molecule has 0 aliphatic rings. The maximum atomic E-state index is 13.4. The van der Waals surface area contributed by atoms with Crippen LogP contribution in [-0.4, -0.2) is 22.1 Å². The van der Waals surface area contributed by atoms with Crippen molar-refractivity contribution in [2.75, 3.05) is 0 Å². The molecule has 8 heteroatoms. The third kappa shape index (κ3) is 11.0. The van der Waals surface area contributed by atoms with Crippen LogP contribution < -0.4 is 0 Å². The van der Waals surface area contributed by atoms with E-state index in [9.17, 15) is 23.1 Å². The first-order chi connectivity index (χ1) is 27.8. The van der Waals surface area contributed by atoms with Crippen molar-refractivity contribution in [3.8, 4) is 32.8 Å². The van der Waals surface area contributed by atoms with Crippen LogP contribution in [0.5, 0.6) is 0 Å². The van der Waals surface area contributed by atoms with Gasteiger partial charge in [0.1, 0.15) is 0 Å². The van der Waals surface area contributed by atoms with E-state index in [1.807, 2.05) is 46.0 Å². The summed E-state index contributed by atoms with van der Waals surface area (Å²) in [5, 5.41) is 13.3. The van der Waals surface area contributed by atoms with Gasteiger partial charge in [-0.25, -0.2) is 0 Å². The minimum absolute atomic E-state index is 0. The van der Waals surface area contributed by atoms with Gasteiger partial charge in [-0.1, -0.05) is 140 Å². The molecule has 0 aliphatic carbocycles. The Hall–Kier alpha value is -4.10. The summed E-state index contributed by atoms with van der Waals surface area (Å²) in [7, 11) is 0. The molecule has 0 saturated heterocycles. The summed E-state index contributed by atoms with van der Waals surface area (Å²) in [6.07, 6.45) is 2.51. The first-order valence-corrected chi connectivity index (χ1v) is 21.7. The van der Waals surface area contributed by atoms with Crippen LogP contribution in [0.2, 0.25) is 0 Å². The Bertz CT molecular complexity index is 2400. The standard InChI is InChI=1S/C39H35F3NS.C13H24O2.Ir/c1-24-31-19-20-43-34(30-21-29-9-7-8-10-32(29)33(22-30)37(2,3)4)36(31)44-35(24)28-17-15-27(16-18-28)26-13-11-25(12-14-26)23-38(5,6)39(40,41)42;1-5-10(6-2)12(14)9-13(15)11(7-3)8-4;/h7-20,22H,23H2,1-6H3;9-11,14H,5-8H2,1-4H3;/q-1;;/b;12-9-;. The van der Waals surface area contributed by atoms with Crippen LogP contribution >= 0.6 is 11.3 Å². The molecule has 6 aromatic rings. The van der Waals surface area contributed by atoms with Crippen molar-refractivity contribution in [1.82, 2.24) is 4.98 Å². The second-order valence-electron chi connectivity index (χ2n) is 17.3. The van der Waals surface area contributed by atoms with E-state index in [0.29, 0.717) is 5.56 Å². The van der Waals surface area contributed by atoms with Crippen molar-refractivity contribution in [2.24, 2.45) is 17.3 Å². The van der Waals surface area contributed by atoms with Gasteiger partial charge in [-0.2, -0.15) is 13.2 Å².